The minimum atomic E-state index is 0.143. The molecule has 0 bridgehead atoms. The average Bonchev–Trinajstić information content (AvgIpc) is 2.36. The highest BCUT2D eigenvalue weighted by Gasteiger charge is 2.18. The zero-order chi connectivity index (χ0) is 13.0. The molecule has 1 aromatic carbocycles. The van der Waals surface area contributed by atoms with Crippen LogP contribution < -0.4 is 11.1 Å². The first-order valence-corrected chi connectivity index (χ1v) is 7.36. The lowest BCUT2D eigenvalue weighted by atomic mass is 9.94. The molecule has 2 rings (SSSR count). The third-order valence-corrected chi connectivity index (χ3v) is 4.00. The number of rotatable bonds is 4. The molecule has 1 fully saturated rings. The fraction of sp³-hybridized carbons (Fsp3) is 0.571. The van der Waals surface area contributed by atoms with Crippen LogP contribution in [0.25, 0.3) is 0 Å². The fourth-order valence-electron chi connectivity index (χ4n) is 2.63. The second kappa shape index (κ2) is 6.76. The first kappa shape index (κ1) is 14.1. The summed E-state index contributed by atoms with van der Waals surface area (Å²) in [6.07, 6.45) is 6.46. The van der Waals surface area contributed by atoms with Crippen molar-refractivity contribution in [3.63, 3.8) is 0 Å². The van der Waals surface area contributed by atoms with Crippen LogP contribution in [0.4, 0.5) is 0 Å². The molecule has 0 aromatic heterocycles. The Morgan fingerprint density at radius 2 is 1.72 bits per heavy atom. The molecule has 0 saturated heterocycles. The van der Waals surface area contributed by atoms with Gasteiger partial charge >= 0.3 is 0 Å². The lowest BCUT2D eigenvalue weighted by Crippen LogP contribution is -2.37. The fourth-order valence-corrected chi connectivity index (χ4v) is 3.17. The summed E-state index contributed by atoms with van der Waals surface area (Å²) in [5.41, 5.74) is 6.96. The largest absolute Gasteiger partial charge is 0.329 e. The molecule has 0 amide bonds. The minimum absolute atomic E-state index is 0.143. The minimum Gasteiger partial charge on any atom is -0.329 e. The molecule has 18 heavy (non-hydrogen) atoms. The molecular weight excluding hydrogens is 267 g/mol. The molecule has 0 aliphatic heterocycles. The Labute approximate surface area is 119 Å². The van der Waals surface area contributed by atoms with E-state index >= 15 is 0 Å². The van der Waals surface area contributed by atoms with Crippen molar-refractivity contribution in [3.05, 3.63) is 33.8 Å². The Morgan fingerprint density at radius 3 is 2.28 bits per heavy atom. The van der Waals surface area contributed by atoms with Gasteiger partial charge in [-0.05, 0) is 36.6 Å². The van der Waals surface area contributed by atoms with Crippen molar-refractivity contribution in [2.24, 2.45) is 5.73 Å². The number of hydrogen-bond acceptors (Lipinski definition) is 2. The summed E-state index contributed by atoms with van der Waals surface area (Å²) in [5, 5.41) is 4.97. The molecule has 3 N–H and O–H groups in total. The van der Waals surface area contributed by atoms with E-state index in [1.54, 1.807) is 6.07 Å². The van der Waals surface area contributed by atoms with E-state index in [-0.39, 0.29) is 6.04 Å². The summed E-state index contributed by atoms with van der Waals surface area (Å²) in [6, 6.07) is 6.36. The van der Waals surface area contributed by atoms with E-state index in [4.69, 9.17) is 28.9 Å². The van der Waals surface area contributed by atoms with E-state index in [0.29, 0.717) is 22.6 Å². The smallest absolute Gasteiger partial charge is 0.0447 e. The van der Waals surface area contributed by atoms with Crippen LogP contribution in [-0.4, -0.2) is 12.6 Å². The Balaban J connectivity index is 2.06. The Hall–Kier alpha value is -0.280. The summed E-state index contributed by atoms with van der Waals surface area (Å²) in [6.45, 7) is 0.563. The van der Waals surface area contributed by atoms with E-state index in [1.807, 2.05) is 12.1 Å². The lowest BCUT2D eigenvalue weighted by Gasteiger charge is -2.28. The van der Waals surface area contributed by atoms with Gasteiger partial charge in [0, 0.05) is 28.7 Å². The van der Waals surface area contributed by atoms with Gasteiger partial charge in [0.05, 0.1) is 0 Å². The molecule has 1 aliphatic rings. The van der Waals surface area contributed by atoms with E-state index in [9.17, 15) is 0 Å². The molecule has 0 heterocycles. The molecule has 4 heteroatoms. The molecule has 1 saturated carbocycles. The predicted octanol–water partition coefficient (Wildman–Crippen LogP) is 3.92. The van der Waals surface area contributed by atoms with Crippen molar-refractivity contribution in [1.29, 1.82) is 0 Å². The highest BCUT2D eigenvalue weighted by molar-refractivity contribution is 6.34. The second-order valence-corrected chi connectivity index (χ2v) is 5.87. The maximum atomic E-state index is 6.04. The van der Waals surface area contributed by atoms with Crippen molar-refractivity contribution in [2.45, 2.75) is 44.2 Å². The summed E-state index contributed by atoms with van der Waals surface area (Å²) < 4.78 is 0. The Bertz CT molecular complexity index is 369. The standard InChI is InChI=1S/C14H20Cl2N2/c15-11-6-10(7-12(16)8-11)14(9-17)18-13-4-2-1-3-5-13/h6-8,13-14,18H,1-5,9,17H2. The van der Waals surface area contributed by atoms with E-state index < -0.39 is 0 Å². The van der Waals surface area contributed by atoms with E-state index in [0.717, 1.165) is 5.56 Å². The van der Waals surface area contributed by atoms with Crippen LogP contribution in [0.2, 0.25) is 10.0 Å². The maximum absolute atomic E-state index is 6.04. The van der Waals surface area contributed by atoms with Gasteiger partial charge in [-0.25, -0.2) is 0 Å². The summed E-state index contributed by atoms with van der Waals surface area (Å²) in [4.78, 5) is 0. The number of hydrogen-bond donors (Lipinski definition) is 2. The number of benzene rings is 1. The van der Waals surface area contributed by atoms with Crippen LogP contribution in [-0.2, 0) is 0 Å². The van der Waals surface area contributed by atoms with Crippen LogP contribution in [0, 0.1) is 0 Å². The monoisotopic (exact) mass is 286 g/mol. The highest BCUT2D eigenvalue weighted by Crippen LogP contribution is 2.25. The third-order valence-electron chi connectivity index (χ3n) is 3.57. The second-order valence-electron chi connectivity index (χ2n) is 4.99. The molecule has 100 valence electrons. The van der Waals surface area contributed by atoms with Gasteiger partial charge in [0.2, 0.25) is 0 Å². The number of halogens is 2. The van der Waals surface area contributed by atoms with Gasteiger partial charge in [-0.2, -0.15) is 0 Å². The molecule has 1 atom stereocenters. The summed E-state index contributed by atoms with van der Waals surface area (Å²) in [5.74, 6) is 0. The molecular formula is C14H20Cl2N2. The van der Waals surface area contributed by atoms with Crippen LogP contribution in [0.1, 0.15) is 43.7 Å². The number of nitrogens with one attached hydrogen (secondary N) is 1. The zero-order valence-corrected chi connectivity index (χ0v) is 12.0. The van der Waals surface area contributed by atoms with E-state index in [2.05, 4.69) is 5.32 Å². The van der Waals surface area contributed by atoms with Crippen molar-refractivity contribution in [1.82, 2.24) is 5.32 Å². The topological polar surface area (TPSA) is 38.0 Å². The van der Waals surface area contributed by atoms with Crippen LogP contribution in [0.5, 0.6) is 0 Å². The van der Waals surface area contributed by atoms with Crippen LogP contribution in [0.3, 0.4) is 0 Å². The van der Waals surface area contributed by atoms with Crippen LogP contribution in [0.15, 0.2) is 18.2 Å². The Kier molecular flexibility index (Phi) is 5.31. The Morgan fingerprint density at radius 1 is 1.11 bits per heavy atom. The van der Waals surface area contributed by atoms with Gasteiger partial charge < -0.3 is 11.1 Å². The maximum Gasteiger partial charge on any atom is 0.0447 e. The first-order valence-electron chi connectivity index (χ1n) is 6.61. The summed E-state index contributed by atoms with van der Waals surface area (Å²) in [7, 11) is 0. The van der Waals surface area contributed by atoms with Gasteiger partial charge in [-0.1, -0.05) is 42.5 Å². The average molecular weight is 287 g/mol. The molecule has 0 spiro atoms. The third kappa shape index (κ3) is 3.86. The van der Waals surface area contributed by atoms with Crippen molar-refractivity contribution < 1.29 is 0 Å². The van der Waals surface area contributed by atoms with Gasteiger partial charge in [0.15, 0.2) is 0 Å². The zero-order valence-electron chi connectivity index (χ0n) is 10.5. The van der Waals surface area contributed by atoms with Gasteiger partial charge in [0.1, 0.15) is 0 Å². The highest BCUT2D eigenvalue weighted by atomic mass is 35.5. The summed E-state index contributed by atoms with van der Waals surface area (Å²) >= 11 is 12.1. The molecule has 2 nitrogen and oxygen atoms in total. The first-order chi connectivity index (χ1) is 8.69. The molecule has 1 unspecified atom stereocenters. The van der Waals surface area contributed by atoms with Gasteiger partial charge in [0.25, 0.3) is 0 Å². The predicted molar refractivity (Wildman–Crippen MR) is 78.3 cm³/mol. The normalized spacial score (nSPS) is 18.8. The van der Waals surface area contributed by atoms with Crippen molar-refractivity contribution in [3.8, 4) is 0 Å². The SMILES string of the molecule is NCC(NC1CCCCC1)c1cc(Cl)cc(Cl)c1. The van der Waals surface area contributed by atoms with Gasteiger partial charge in [-0.15, -0.1) is 0 Å². The van der Waals surface area contributed by atoms with Crippen molar-refractivity contribution in [2.75, 3.05) is 6.54 Å². The number of nitrogens with two attached hydrogens (primary N) is 1. The molecule has 1 aromatic rings. The molecule has 0 radical (unpaired) electrons. The quantitative estimate of drug-likeness (QED) is 0.881. The lowest BCUT2D eigenvalue weighted by molar-refractivity contribution is 0.340. The van der Waals surface area contributed by atoms with Crippen LogP contribution >= 0.6 is 23.2 Å². The van der Waals surface area contributed by atoms with Gasteiger partial charge in [-0.3, -0.25) is 0 Å². The van der Waals surface area contributed by atoms with Crippen molar-refractivity contribution >= 4 is 23.2 Å². The van der Waals surface area contributed by atoms with E-state index in [1.165, 1.54) is 32.1 Å². The molecule has 1 aliphatic carbocycles.